The van der Waals surface area contributed by atoms with Crippen LogP contribution in [0.5, 0.6) is 0 Å². The summed E-state index contributed by atoms with van der Waals surface area (Å²) in [5.74, 6) is -0.245. The molecule has 0 radical (unpaired) electrons. The Morgan fingerprint density at radius 3 is 2.27 bits per heavy atom. The van der Waals surface area contributed by atoms with Crippen LogP contribution < -0.4 is 5.32 Å². The first kappa shape index (κ1) is 26.6. The number of carbonyl (C=O) groups is 1. The molecule has 2 heterocycles. The van der Waals surface area contributed by atoms with Crippen molar-refractivity contribution in [1.29, 1.82) is 0 Å². The number of halogens is 7. The summed E-state index contributed by atoms with van der Waals surface area (Å²) in [7, 11) is 0. The van der Waals surface area contributed by atoms with Gasteiger partial charge in [0.15, 0.2) is 11.0 Å². The number of nitrogens with zero attached hydrogens (tertiary/aromatic N) is 3. The van der Waals surface area contributed by atoms with Gasteiger partial charge in [0.2, 0.25) is 5.91 Å². The predicted molar refractivity (Wildman–Crippen MR) is 124 cm³/mol. The van der Waals surface area contributed by atoms with Gasteiger partial charge in [-0.25, -0.2) is 0 Å². The lowest BCUT2D eigenvalue weighted by Crippen LogP contribution is -2.17. The van der Waals surface area contributed by atoms with E-state index in [0.29, 0.717) is 34.3 Å². The monoisotopic (exact) mass is 560 g/mol. The van der Waals surface area contributed by atoms with E-state index in [9.17, 15) is 31.1 Å². The van der Waals surface area contributed by atoms with Gasteiger partial charge in [-0.3, -0.25) is 9.36 Å². The van der Waals surface area contributed by atoms with Gasteiger partial charge in [0.05, 0.1) is 29.7 Å². The van der Waals surface area contributed by atoms with Crippen LogP contribution >= 0.6 is 23.4 Å². The number of hydrogen-bond donors (Lipinski definition) is 1. The van der Waals surface area contributed by atoms with Crippen molar-refractivity contribution in [1.82, 2.24) is 14.8 Å². The van der Waals surface area contributed by atoms with Crippen molar-refractivity contribution in [2.45, 2.75) is 24.1 Å². The van der Waals surface area contributed by atoms with E-state index in [4.69, 9.17) is 16.0 Å². The third-order valence-corrected chi connectivity index (χ3v) is 6.10. The Kier molecular flexibility index (Phi) is 7.55. The zero-order valence-corrected chi connectivity index (χ0v) is 20.0. The number of benzene rings is 2. The average Bonchev–Trinajstić information content (AvgIpc) is 3.47. The molecule has 1 amide bonds. The Balaban J connectivity index is 1.55. The molecule has 0 spiro atoms. The van der Waals surface area contributed by atoms with Crippen LogP contribution in [-0.2, 0) is 23.7 Å². The smallest absolute Gasteiger partial charge is 0.416 e. The number of carbonyl (C=O) groups excluding carboxylic acids is 1. The Morgan fingerprint density at radius 1 is 0.973 bits per heavy atom. The van der Waals surface area contributed by atoms with Gasteiger partial charge in [-0.15, -0.1) is 10.2 Å². The Morgan fingerprint density at radius 2 is 1.68 bits per heavy atom. The standard InChI is InChI=1S/C23H15ClF6N4O2S/c24-16-4-1-3-13(7-16)20-32-33-21(34(20)11-18-5-2-6-36-18)37-12-19(35)31-17-9-14(22(25,26)27)8-15(10-17)23(28,29)30/h1-10H,11-12H2,(H,31,35). The Labute approximate surface area is 214 Å². The zero-order chi connectivity index (χ0) is 26.8. The maximum atomic E-state index is 13.1. The Hall–Kier alpha value is -3.45. The third-order valence-electron chi connectivity index (χ3n) is 4.90. The molecule has 0 aliphatic carbocycles. The lowest BCUT2D eigenvalue weighted by atomic mass is 10.1. The summed E-state index contributed by atoms with van der Waals surface area (Å²) in [6, 6.07) is 11.1. The van der Waals surface area contributed by atoms with E-state index in [-0.39, 0.29) is 23.5 Å². The first-order valence-corrected chi connectivity index (χ1v) is 11.7. The van der Waals surface area contributed by atoms with Crippen LogP contribution in [0.25, 0.3) is 11.4 Å². The van der Waals surface area contributed by atoms with E-state index in [0.717, 1.165) is 11.8 Å². The van der Waals surface area contributed by atoms with E-state index in [1.807, 2.05) is 0 Å². The summed E-state index contributed by atoms with van der Waals surface area (Å²) in [4.78, 5) is 12.5. The maximum absolute atomic E-state index is 13.1. The summed E-state index contributed by atoms with van der Waals surface area (Å²) in [5, 5.41) is 11.1. The van der Waals surface area contributed by atoms with Gasteiger partial charge in [0.25, 0.3) is 0 Å². The second kappa shape index (κ2) is 10.5. The Bertz CT molecular complexity index is 1370. The molecule has 0 bridgehead atoms. The van der Waals surface area contributed by atoms with E-state index in [1.165, 1.54) is 6.26 Å². The van der Waals surface area contributed by atoms with E-state index >= 15 is 0 Å². The van der Waals surface area contributed by atoms with Crippen molar-refractivity contribution in [3.8, 4) is 11.4 Å². The first-order valence-electron chi connectivity index (χ1n) is 10.3. The molecule has 0 aliphatic heterocycles. The van der Waals surface area contributed by atoms with Crippen LogP contribution in [0.4, 0.5) is 32.0 Å². The average molecular weight is 561 g/mol. The number of rotatable bonds is 7. The molecule has 0 atom stereocenters. The quantitative estimate of drug-likeness (QED) is 0.194. The molecule has 0 unspecified atom stereocenters. The third kappa shape index (κ3) is 6.66. The largest absolute Gasteiger partial charge is 0.467 e. The highest BCUT2D eigenvalue weighted by atomic mass is 35.5. The molecule has 0 aliphatic rings. The maximum Gasteiger partial charge on any atom is 0.416 e. The summed E-state index contributed by atoms with van der Waals surface area (Å²) in [6.07, 6.45) is -8.59. The van der Waals surface area contributed by atoms with Crippen molar-refractivity contribution in [2.75, 3.05) is 11.1 Å². The predicted octanol–water partition coefficient (Wildman–Crippen LogP) is 7.01. The molecule has 0 saturated heterocycles. The van der Waals surface area contributed by atoms with Gasteiger partial charge < -0.3 is 9.73 Å². The molecule has 2 aromatic carbocycles. The number of aromatic nitrogens is 3. The number of thioether (sulfide) groups is 1. The van der Waals surface area contributed by atoms with Crippen LogP contribution in [0.2, 0.25) is 5.02 Å². The van der Waals surface area contributed by atoms with Gasteiger partial charge >= 0.3 is 12.4 Å². The van der Waals surface area contributed by atoms with E-state index < -0.39 is 35.1 Å². The van der Waals surface area contributed by atoms with Crippen molar-refractivity contribution in [3.05, 3.63) is 82.8 Å². The second-order valence-corrected chi connectivity index (χ2v) is 8.99. The molecular formula is C23H15ClF6N4O2S. The summed E-state index contributed by atoms with van der Waals surface area (Å²) in [6.45, 7) is 0.189. The van der Waals surface area contributed by atoms with E-state index in [1.54, 1.807) is 41.0 Å². The molecule has 4 aromatic rings. The molecule has 0 saturated carbocycles. The van der Waals surface area contributed by atoms with Crippen molar-refractivity contribution >= 4 is 35.0 Å². The minimum Gasteiger partial charge on any atom is -0.467 e. The van der Waals surface area contributed by atoms with Crippen LogP contribution in [0.1, 0.15) is 16.9 Å². The SMILES string of the molecule is O=C(CSc1nnc(-c2cccc(Cl)c2)n1Cc1ccco1)Nc1cc(C(F)(F)F)cc(C(F)(F)F)c1. The minimum absolute atomic E-state index is 0.0150. The number of amides is 1. The second-order valence-electron chi connectivity index (χ2n) is 7.61. The van der Waals surface area contributed by atoms with Crippen molar-refractivity contribution < 1.29 is 35.6 Å². The first-order chi connectivity index (χ1) is 17.4. The fraction of sp³-hybridized carbons (Fsp3) is 0.174. The highest BCUT2D eigenvalue weighted by Crippen LogP contribution is 2.37. The normalized spacial score (nSPS) is 12.1. The van der Waals surface area contributed by atoms with Gasteiger partial charge in [-0.2, -0.15) is 26.3 Å². The number of alkyl halides is 6. The summed E-state index contributed by atoms with van der Waals surface area (Å²) >= 11 is 6.97. The lowest BCUT2D eigenvalue weighted by Gasteiger charge is -2.14. The van der Waals surface area contributed by atoms with Gasteiger partial charge in [0.1, 0.15) is 5.76 Å². The van der Waals surface area contributed by atoms with Crippen LogP contribution in [0.3, 0.4) is 0 Å². The summed E-state index contributed by atoms with van der Waals surface area (Å²) in [5.41, 5.74) is -3.07. The summed E-state index contributed by atoms with van der Waals surface area (Å²) < 4.78 is 85.6. The molecule has 4 rings (SSSR count). The molecule has 1 N–H and O–H groups in total. The van der Waals surface area contributed by atoms with Crippen LogP contribution in [0, 0.1) is 0 Å². The number of anilines is 1. The molecule has 6 nitrogen and oxygen atoms in total. The van der Waals surface area contributed by atoms with Gasteiger partial charge in [-0.05, 0) is 42.5 Å². The fourth-order valence-corrected chi connectivity index (χ4v) is 4.22. The highest BCUT2D eigenvalue weighted by Gasteiger charge is 2.37. The lowest BCUT2D eigenvalue weighted by molar-refractivity contribution is -0.143. The topological polar surface area (TPSA) is 73.0 Å². The van der Waals surface area contributed by atoms with E-state index in [2.05, 4.69) is 15.5 Å². The number of nitrogens with one attached hydrogen (secondary N) is 1. The number of furan rings is 1. The molecule has 194 valence electrons. The molecular weight excluding hydrogens is 546 g/mol. The highest BCUT2D eigenvalue weighted by molar-refractivity contribution is 7.99. The molecule has 0 fully saturated rings. The molecule has 37 heavy (non-hydrogen) atoms. The van der Waals surface area contributed by atoms with Gasteiger partial charge in [0, 0.05) is 16.3 Å². The van der Waals surface area contributed by atoms with Crippen molar-refractivity contribution in [3.63, 3.8) is 0 Å². The molecule has 2 aromatic heterocycles. The minimum atomic E-state index is -5.03. The van der Waals surface area contributed by atoms with Gasteiger partial charge in [-0.1, -0.05) is 35.5 Å². The fourth-order valence-electron chi connectivity index (χ4n) is 3.29. The molecule has 14 heteroatoms. The zero-order valence-electron chi connectivity index (χ0n) is 18.4. The van der Waals surface area contributed by atoms with Crippen LogP contribution in [0.15, 0.2) is 70.4 Å². The van der Waals surface area contributed by atoms with Crippen LogP contribution in [-0.4, -0.2) is 26.4 Å². The van der Waals surface area contributed by atoms with Crippen molar-refractivity contribution in [2.24, 2.45) is 0 Å². The number of hydrogen-bond acceptors (Lipinski definition) is 5.